The molecule has 0 atom stereocenters. The molecule has 0 aliphatic heterocycles. The monoisotopic (exact) mass is 228 g/mol. The van der Waals surface area contributed by atoms with Gasteiger partial charge in [-0.15, -0.1) is 0 Å². The summed E-state index contributed by atoms with van der Waals surface area (Å²) < 4.78 is 0. The maximum Gasteiger partial charge on any atom is 0.319 e. The van der Waals surface area contributed by atoms with Gasteiger partial charge in [-0.1, -0.05) is 39.5 Å². The lowest BCUT2D eigenvalue weighted by Gasteiger charge is -2.24. The zero-order valence-corrected chi connectivity index (χ0v) is 11.5. The first kappa shape index (κ1) is 15.3. The number of hydrogen-bond acceptors (Lipinski definition) is 1. The highest BCUT2D eigenvalue weighted by Crippen LogP contribution is 2.02. The van der Waals surface area contributed by atoms with Crippen LogP contribution in [0, 0.1) is 0 Å². The molecule has 0 aliphatic rings. The number of nitrogens with zero attached hydrogens (tertiary/aromatic N) is 2. The second-order valence-electron chi connectivity index (χ2n) is 4.54. The van der Waals surface area contributed by atoms with Gasteiger partial charge in [-0.05, 0) is 12.8 Å². The van der Waals surface area contributed by atoms with Gasteiger partial charge in [-0.3, -0.25) is 0 Å². The van der Waals surface area contributed by atoms with Gasteiger partial charge in [0.2, 0.25) is 0 Å². The first-order valence-electron chi connectivity index (χ1n) is 6.59. The molecule has 0 aliphatic carbocycles. The Bertz CT molecular complexity index is 165. The average Bonchev–Trinajstić information content (AvgIpc) is 2.28. The lowest BCUT2D eigenvalue weighted by Crippen LogP contribution is -2.39. The lowest BCUT2D eigenvalue weighted by atomic mass is 10.2. The molecule has 0 heterocycles. The zero-order chi connectivity index (χ0) is 12.4. The van der Waals surface area contributed by atoms with Crippen molar-refractivity contribution < 1.29 is 4.79 Å². The summed E-state index contributed by atoms with van der Waals surface area (Å²) in [7, 11) is 3.79. The largest absolute Gasteiger partial charge is 0.328 e. The Balaban J connectivity index is 3.73. The van der Waals surface area contributed by atoms with Crippen molar-refractivity contribution in [3.63, 3.8) is 0 Å². The highest BCUT2D eigenvalue weighted by atomic mass is 16.2. The molecule has 0 aromatic heterocycles. The first-order valence-corrected chi connectivity index (χ1v) is 6.59. The van der Waals surface area contributed by atoms with E-state index >= 15 is 0 Å². The Hall–Kier alpha value is -0.730. The van der Waals surface area contributed by atoms with Gasteiger partial charge in [-0.2, -0.15) is 0 Å². The SMILES string of the molecule is CCCCCN(C)C(=O)N(C)CCCCC. The summed E-state index contributed by atoms with van der Waals surface area (Å²) in [6, 6.07) is 0.159. The van der Waals surface area contributed by atoms with Crippen molar-refractivity contribution in [2.45, 2.75) is 52.4 Å². The second kappa shape index (κ2) is 9.49. The van der Waals surface area contributed by atoms with Crippen molar-refractivity contribution in [2.24, 2.45) is 0 Å². The van der Waals surface area contributed by atoms with Crippen molar-refractivity contribution in [2.75, 3.05) is 27.2 Å². The molecule has 0 aromatic carbocycles. The predicted molar refractivity (Wildman–Crippen MR) is 69.7 cm³/mol. The fourth-order valence-corrected chi connectivity index (χ4v) is 1.68. The maximum atomic E-state index is 11.9. The number of carbonyl (C=O) groups excluding carboxylic acids is 1. The quantitative estimate of drug-likeness (QED) is 0.584. The van der Waals surface area contributed by atoms with Crippen molar-refractivity contribution >= 4 is 6.03 Å². The molecule has 3 nitrogen and oxygen atoms in total. The number of unbranched alkanes of at least 4 members (excludes halogenated alkanes) is 4. The summed E-state index contributed by atoms with van der Waals surface area (Å²) in [6.45, 7) is 6.12. The number of rotatable bonds is 8. The summed E-state index contributed by atoms with van der Waals surface area (Å²) in [5.41, 5.74) is 0. The minimum atomic E-state index is 0.159. The van der Waals surface area contributed by atoms with E-state index in [2.05, 4.69) is 13.8 Å². The molecule has 2 amide bonds. The van der Waals surface area contributed by atoms with Crippen LogP contribution in [0.15, 0.2) is 0 Å². The van der Waals surface area contributed by atoms with Gasteiger partial charge < -0.3 is 9.80 Å². The predicted octanol–water partition coefficient (Wildman–Crippen LogP) is 3.35. The van der Waals surface area contributed by atoms with Crippen LogP contribution in [0.25, 0.3) is 0 Å². The van der Waals surface area contributed by atoms with Crippen LogP contribution in [0.2, 0.25) is 0 Å². The molecule has 3 heteroatoms. The molecule has 0 spiro atoms. The van der Waals surface area contributed by atoms with E-state index < -0.39 is 0 Å². The Morgan fingerprint density at radius 1 is 0.812 bits per heavy atom. The number of hydrogen-bond donors (Lipinski definition) is 0. The molecule has 0 bridgehead atoms. The fraction of sp³-hybridized carbons (Fsp3) is 0.923. The van der Waals surface area contributed by atoms with Crippen LogP contribution in [-0.2, 0) is 0 Å². The van der Waals surface area contributed by atoms with Crippen molar-refractivity contribution in [3.05, 3.63) is 0 Å². The Morgan fingerprint density at radius 2 is 1.19 bits per heavy atom. The molecular formula is C13H28N2O. The average molecular weight is 228 g/mol. The van der Waals surface area contributed by atoms with E-state index in [0.29, 0.717) is 0 Å². The normalized spacial score (nSPS) is 10.2. The van der Waals surface area contributed by atoms with Crippen LogP contribution in [0.4, 0.5) is 4.79 Å². The first-order chi connectivity index (χ1) is 7.63. The van der Waals surface area contributed by atoms with Gasteiger partial charge in [0.25, 0.3) is 0 Å². The van der Waals surface area contributed by atoms with Crippen molar-refractivity contribution in [1.82, 2.24) is 9.80 Å². The van der Waals surface area contributed by atoms with Gasteiger partial charge >= 0.3 is 6.03 Å². The third kappa shape index (κ3) is 6.70. The molecule has 0 fully saturated rings. The number of carbonyl (C=O) groups is 1. The minimum absolute atomic E-state index is 0.159. The third-order valence-electron chi connectivity index (χ3n) is 2.85. The van der Waals surface area contributed by atoms with Crippen LogP contribution >= 0.6 is 0 Å². The van der Waals surface area contributed by atoms with Crippen molar-refractivity contribution in [3.8, 4) is 0 Å². The number of urea groups is 1. The topological polar surface area (TPSA) is 23.6 Å². The number of amides is 2. The lowest BCUT2D eigenvalue weighted by molar-refractivity contribution is 0.171. The Labute approximate surface area is 101 Å². The molecular weight excluding hydrogens is 200 g/mol. The van der Waals surface area contributed by atoms with Gasteiger partial charge in [0.1, 0.15) is 0 Å². The Morgan fingerprint density at radius 3 is 1.50 bits per heavy atom. The highest BCUT2D eigenvalue weighted by molar-refractivity contribution is 5.73. The molecule has 0 N–H and O–H groups in total. The summed E-state index contributed by atoms with van der Waals surface area (Å²) in [6.07, 6.45) is 7.04. The van der Waals surface area contributed by atoms with Gasteiger partial charge in [0.05, 0.1) is 0 Å². The van der Waals surface area contributed by atoms with Gasteiger partial charge in [-0.25, -0.2) is 4.79 Å². The smallest absolute Gasteiger partial charge is 0.319 e. The highest BCUT2D eigenvalue weighted by Gasteiger charge is 2.12. The van der Waals surface area contributed by atoms with E-state index in [0.717, 1.165) is 25.9 Å². The molecule has 96 valence electrons. The van der Waals surface area contributed by atoms with E-state index in [9.17, 15) is 4.79 Å². The summed E-state index contributed by atoms with van der Waals surface area (Å²) in [5.74, 6) is 0. The van der Waals surface area contributed by atoms with Gasteiger partial charge in [0, 0.05) is 27.2 Å². The summed E-state index contributed by atoms with van der Waals surface area (Å²) >= 11 is 0. The van der Waals surface area contributed by atoms with Crippen LogP contribution in [-0.4, -0.2) is 43.0 Å². The molecule has 0 aromatic rings. The maximum absolute atomic E-state index is 11.9. The Kier molecular flexibility index (Phi) is 9.06. The molecule has 0 unspecified atom stereocenters. The molecule has 0 radical (unpaired) electrons. The van der Waals surface area contributed by atoms with Crippen molar-refractivity contribution in [1.29, 1.82) is 0 Å². The molecule has 0 saturated heterocycles. The standard InChI is InChI=1S/C13H28N2O/c1-5-7-9-11-14(3)13(16)15(4)12-10-8-6-2/h5-12H2,1-4H3. The zero-order valence-electron chi connectivity index (χ0n) is 11.5. The van der Waals surface area contributed by atoms with E-state index in [1.165, 1.54) is 25.7 Å². The van der Waals surface area contributed by atoms with E-state index in [1.54, 1.807) is 0 Å². The minimum Gasteiger partial charge on any atom is -0.328 e. The van der Waals surface area contributed by atoms with E-state index in [-0.39, 0.29) is 6.03 Å². The van der Waals surface area contributed by atoms with E-state index in [1.807, 2.05) is 23.9 Å². The molecule has 0 rings (SSSR count). The summed E-state index contributed by atoms with van der Waals surface area (Å²) in [5, 5.41) is 0. The summed E-state index contributed by atoms with van der Waals surface area (Å²) in [4.78, 5) is 15.6. The van der Waals surface area contributed by atoms with Crippen LogP contribution in [0.5, 0.6) is 0 Å². The van der Waals surface area contributed by atoms with Gasteiger partial charge in [0.15, 0.2) is 0 Å². The van der Waals surface area contributed by atoms with E-state index in [4.69, 9.17) is 0 Å². The molecule has 16 heavy (non-hydrogen) atoms. The van der Waals surface area contributed by atoms with Crippen LogP contribution < -0.4 is 0 Å². The molecule has 0 saturated carbocycles. The van der Waals surface area contributed by atoms with Crippen LogP contribution in [0.1, 0.15) is 52.4 Å². The van der Waals surface area contributed by atoms with Crippen LogP contribution in [0.3, 0.4) is 0 Å². The third-order valence-corrected chi connectivity index (χ3v) is 2.85. The fourth-order valence-electron chi connectivity index (χ4n) is 1.68. The second-order valence-corrected chi connectivity index (χ2v) is 4.54.